The summed E-state index contributed by atoms with van der Waals surface area (Å²) >= 11 is 4.83. The van der Waals surface area contributed by atoms with Crippen molar-refractivity contribution in [1.29, 1.82) is 0 Å². The van der Waals surface area contributed by atoms with Crippen LogP contribution in [-0.2, 0) is 4.74 Å². The fraction of sp³-hybridized carbons (Fsp3) is 0.261. The van der Waals surface area contributed by atoms with Crippen LogP contribution in [0.2, 0.25) is 0 Å². The number of allylic oxidation sites excluding steroid dienone is 4. The Balaban J connectivity index is 1.83. The molecule has 1 saturated heterocycles. The first kappa shape index (κ1) is 20.4. The highest BCUT2D eigenvalue weighted by Crippen LogP contribution is 2.33. The summed E-state index contributed by atoms with van der Waals surface area (Å²) in [6.07, 6.45) is 11.4. The predicted molar refractivity (Wildman–Crippen MR) is 125 cm³/mol. The van der Waals surface area contributed by atoms with E-state index in [0.717, 1.165) is 46.6 Å². The van der Waals surface area contributed by atoms with Gasteiger partial charge in [0, 0.05) is 29.6 Å². The number of aromatic nitrogens is 4. The molecule has 0 saturated carbocycles. The van der Waals surface area contributed by atoms with Gasteiger partial charge in [0.1, 0.15) is 5.82 Å². The lowest BCUT2D eigenvalue weighted by Gasteiger charge is -2.30. The van der Waals surface area contributed by atoms with E-state index in [0.29, 0.717) is 19.0 Å². The number of thiol groups is 1. The van der Waals surface area contributed by atoms with Crippen LogP contribution in [0.3, 0.4) is 0 Å². The molecule has 4 rings (SSSR count). The van der Waals surface area contributed by atoms with Crippen LogP contribution in [0.25, 0.3) is 22.3 Å². The van der Waals surface area contributed by atoms with Crippen molar-refractivity contribution in [2.24, 2.45) is 0 Å². The predicted octanol–water partition coefficient (Wildman–Crippen LogP) is 4.43. The van der Waals surface area contributed by atoms with Crippen LogP contribution < -0.4 is 4.90 Å². The number of hydrogen-bond acceptors (Lipinski definition) is 6. The highest BCUT2D eigenvalue weighted by Gasteiger charge is 2.22. The normalized spacial score (nSPS) is 16.0. The summed E-state index contributed by atoms with van der Waals surface area (Å²) < 4.78 is 5.54. The number of anilines is 1. The molecule has 2 aromatic heterocycles. The molecule has 1 N–H and O–H groups in total. The minimum Gasteiger partial charge on any atom is -0.378 e. The van der Waals surface area contributed by atoms with Crippen LogP contribution in [0.5, 0.6) is 0 Å². The molecular weight excluding hydrogens is 394 g/mol. The fourth-order valence-electron chi connectivity index (χ4n) is 3.58. The van der Waals surface area contributed by atoms with Gasteiger partial charge < -0.3 is 9.64 Å². The molecule has 1 aromatic carbocycles. The number of rotatable bonds is 6. The Hall–Kier alpha value is -2.90. The number of ether oxygens (including phenoxy) is 1. The molecule has 6 nitrogen and oxygen atoms in total. The molecule has 1 unspecified atom stereocenters. The lowest BCUT2D eigenvalue weighted by Crippen LogP contribution is -2.37. The highest BCUT2D eigenvalue weighted by atomic mass is 32.1. The SMILES string of the molecule is C=C/C=C\C=C\C(S)c1nc(-c2cccc3[nH]ncc23)nc(N2CCOCC2)c1C. The van der Waals surface area contributed by atoms with Crippen molar-refractivity contribution in [3.63, 3.8) is 0 Å². The number of H-pyrrole nitrogens is 1. The number of aromatic amines is 1. The Morgan fingerprint density at radius 2 is 2.03 bits per heavy atom. The van der Waals surface area contributed by atoms with E-state index in [9.17, 15) is 0 Å². The lowest BCUT2D eigenvalue weighted by molar-refractivity contribution is 0.122. The van der Waals surface area contributed by atoms with E-state index in [1.807, 2.05) is 48.7 Å². The average Bonchev–Trinajstić information content (AvgIpc) is 3.26. The van der Waals surface area contributed by atoms with Gasteiger partial charge in [-0.15, -0.1) is 0 Å². The Bertz CT molecular complexity index is 1100. The molecular formula is C23H25N5OS. The molecule has 1 aliphatic heterocycles. The van der Waals surface area contributed by atoms with E-state index in [2.05, 4.69) is 28.6 Å². The molecule has 1 atom stereocenters. The molecule has 0 bridgehead atoms. The van der Waals surface area contributed by atoms with Gasteiger partial charge in [0.25, 0.3) is 0 Å². The lowest BCUT2D eigenvalue weighted by atomic mass is 10.1. The molecule has 0 aliphatic carbocycles. The Morgan fingerprint density at radius 3 is 2.83 bits per heavy atom. The fourth-order valence-corrected chi connectivity index (χ4v) is 3.93. The second-order valence-electron chi connectivity index (χ2n) is 7.07. The maximum absolute atomic E-state index is 5.54. The third kappa shape index (κ3) is 4.17. The van der Waals surface area contributed by atoms with Gasteiger partial charge in [-0.25, -0.2) is 9.97 Å². The van der Waals surface area contributed by atoms with Crippen molar-refractivity contribution >= 4 is 29.3 Å². The van der Waals surface area contributed by atoms with Crippen LogP contribution in [0.4, 0.5) is 5.82 Å². The molecule has 3 heterocycles. The van der Waals surface area contributed by atoms with E-state index in [1.54, 1.807) is 6.08 Å². The van der Waals surface area contributed by atoms with E-state index in [4.69, 9.17) is 27.3 Å². The Kier molecular flexibility index (Phi) is 6.30. The van der Waals surface area contributed by atoms with Crippen molar-refractivity contribution in [3.8, 4) is 11.4 Å². The van der Waals surface area contributed by atoms with Crippen molar-refractivity contribution in [3.05, 3.63) is 72.6 Å². The Morgan fingerprint density at radius 1 is 1.20 bits per heavy atom. The van der Waals surface area contributed by atoms with E-state index < -0.39 is 0 Å². The smallest absolute Gasteiger partial charge is 0.162 e. The van der Waals surface area contributed by atoms with Gasteiger partial charge in [0.05, 0.1) is 35.9 Å². The summed E-state index contributed by atoms with van der Waals surface area (Å²) in [5, 5.41) is 8.04. The van der Waals surface area contributed by atoms with E-state index in [1.165, 1.54) is 0 Å². The van der Waals surface area contributed by atoms with Gasteiger partial charge >= 0.3 is 0 Å². The highest BCUT2D eigenvalue weighted by molar-refractivity contribution is 7.80. The van der Waals surface area contributed by atoms with Gasteiger partial charge in [0.2, 0.25) is 0 Å². The molecule has 0 amide bonds. The molecule has 154 valence electrons. The number of morpholine rings is 1. The third-order valence-corrected chi connectivity index (χ3v) is 5.54. The first-order valence-electron chi connectivity index (χ1n) is 9.96. The number of nitrogens with zero attached hydrogens (tertiary/aromatic N) is 4. The monoisotopic (exact) mass is 419 g/mol. The van der Waals surface area contributed by atoms with Crippen molar-refractivity contribution in [2.75, 3.05) is 31.2 Å². The zero-order valence-electron chi connectivity index (χ0n) is 17.0. The van der Waals surface area contributed by atoms with Crippen LogP contribution >= 0.6 is 12.6 Å². The first-order chi connectivity index (χ1) is 14.7. The maximum atomic E-state index is 5.54. The molecule has 0 spiro atoms. The average molecular weight is 420 g/mol. The Labute approximate surface area is 181 Å². The summed E-state index contributed by atoms with van der Waals surface area (Å²) in [5.41, 5.74) is 3.85. The van der Waals surface area contributed by atoms with Gasteiger partial charge in [-0.3, -0.25) is 5.10 Å². The summed E-state index contributed by atoms with van der Waals surface area (Å²) in [6, 6.07) is 6.02. The van der Waals surface area contributed by atoms with Crippen molar-refractivity contribution in [1.82, 2.24) is 20.2 Å². The summed E-state index contributed by atoms with van der Waals surface area (Å²) in [7, 11) is 0. The van der Waals surface area contributed by atoms with Gasteiger partial charge in [-0.2, -0.15) is 17.7 Å². The van der Waals surface area contributed by atoms with Gasteiger partial charge in [-0.05, 0) is 13.0 Å². The van der Waals surface area contributed by atoms with Crippen molar-refractivity contribution in [2.45, 2.75) is 12.2 Å². The summed E-state index contributed by atoms with van der Waals surface area (Å²) in [4.78, 5) is 12.2. The number of benzene rings is 1. The minimum absolute atomic E-state index is 0.162. The first-order valence-corrected chi connectivity index (χ1v) is 10.5. The molecule has 7 heteroatoms. The van der Waals surface area contributed by atoms with Crippen LogP contribution in [-0.4, -0.2) is 46.5 Å². The second kappa shape index (κ2) is 9.28. The molecule has 30 heavy (non-hydrogen) atoms. The van der Waals surface area contributed by atoms with Gasteiger partial charge in [-0.1, -0.05) is 49.1 Å². The topological polar surface area (TPSA) is 66.9 Å². The van der Waals surface area contributed by atoms with Gasteiger partial charge in [0.15, 0.2) is 5.82 Å². The maximum Gasteiger partial charge on any atom is 0.162 e. The molecule has 1 fully saturated rings. The molecule has 3 aromatic rings. The molecule has 1 aliphatic rings. The van der Waals surface area contributed by atoms with Crippen LogP contribution in [0.15, 0.2) is 61.4 Å². The number of nitrogens with one attached hydrogen (secondary N) is 1. The summed E-state index contributed by atoms with van der Waals surface area (Å²) in [5.74, 6) is 1.62. The molecule has 0 radical (unpaired) electrons. The van der Waals surface area contributed by atoms with Crippen molar-refractivity contribution < 1.29 is 4.74 Å². The van der Waals surface area contributed by atoms with Crippen LogP contribution in [0.1, 0.15) is 16.5 Å². The zero-order valence-corrected chi connectivity index (χ0v) is 17.8. The standard InChI is InChI=1S/C23H25N5OS/c1-3-4-5-6-10-20(30)21-16(2)23(28-11-13-29-14-12-28)26-22(25-21)17-8-7-9-19-18(17)15-24-27-19/h3-10,15,20,30H,1,11-14H2,2H3,(H,24,27)/b5-4-,10-6+. The largest absolute Gasteiger partial charge is 0.378 e. The second-order valence-corrected chi connectivity index (χ2v) is 7.62. The van der Waals surface area contributed by atoms with Crippen LogP contribution in [0, 0.1) is 6.92 Å². The third-order valence-electron chi connectivity index (χ3n) is 5.13. The van der Waals surface area contributed by atoms with E-state index in [-0.39, 0.29) is 5.25 Å². The number of hydrogen-bond donors (Lipinski definition) is 2. The summed E-state index contributed by atoms with van der Waals surface area (Å²) in [6.45, 7) is 8.77. The quantitative estimate of drug-likeness (QED) is 0.457. The number of fused-ring (bicyclic) bond motifs is 1. The van der Waals surface area contributed by atoms with E-state index >= 15 is 0 Å². The zero-order chi connectivity index (χ0) is 20.9. The minimum atomic E-state index is -0.162.